The highest BCUT2D eigenvalue weighted by atomic mass is 16.3. The fraction of sp³-hybridized carbons (Fsp3) is 0.389. The number of hydrogen-bond acceptors (Lipinski definition) is 4. The number of hydrogen-bond donors (Lipinski definition) is 1. The molecule has 1 atom stereocenters. The summed E-state index contributed by atoms with van der Waals surface area (Å²) in [6.45, 7) is 0.477. The van der Waals surface area contributed by atoms with E-state index in [-0.39, 0.29) is 30.7 Å². The largest absolute Gasteiger partial charge is 0.394 e. The van der Waals surface area contributed by atoms with Crippen LogP contribution in [0.15, 0.2) is 47.3 Å². The average Bonchev–Trinajstić information content (AvgIpc) is 2.64. The smallest absolute Gasteiger partial charge is 0.267 e. The molecule has 0 bridgehead atoms. The van der Waals surface area contributed by atoms with Crippen LogP contribution in [0.1, 0.15) is 19.3 Å². The maximum Gasteiger partial charge on any atom is 0.267 e. The molecule has 1 amide bonds. The summed E-state index contributed by atoms with van der Waals surface area (Å²) in [6, 6.07) is 12.5. The summed E-state index contributed by atoms with van der Waals surface area (Å²) >= 11 is 0. The molecular formula is C18H21N3O3. The number of amides is 1. The Bertz CT molecular complexity index is 758. The lowest BCUT2D eigenvalue weighted by molar-refractivity contribution is -0.136. The second-order valence-corrected chi connectivity index (χ2v) is 6.00. The quantitative estimate of drug-likeness (QED) is 0.918. The molecule has 1 fully saturated rings. The molecular weight excluding hydrogens is 306 g/mol. The van der Waals surface area contributed by atoms with Crippen LogP contribution in [0.25, 0.3) is 11.3 Å². The molecule has 1 aliphatic rings. The molecule has 0 radical (unpaired) electrons. The standard InChI is InChI=1S/C18H21N3O3/c22-13-15-8-4-5-11-20(15)18(24)12-21-17(23)10-9-16(19-21)14-6-2-1-3-7-14/h1-3,6-7,9-10,15,22H,4-5,8,11-13H2. The number of nitrogens with zero attached hydrogens (tertiary/aromatic N) is 3. The minimum atomic E-state index is -0.305. The van der Waals surface area contributed by atoms with Crippen molar-refractivity contribution < 1.29 is 9.90 Å². The van der Waals surface area contributed by atoms with Crippen LogP contribution in [-0.2, 0) is 11.3 Å². The molecule has 1 unspecified atom stereocenters. The van der Waals surface area contributed by atoms with Crippen LogP contribution in [0.4, 0.5) is 0 Å². The van der Waals surface area contributed by atoms with Gasteiger partial charge >= 0.3 is 0 Å². The molecule has 1 aromatic heterocycles. The Labute approximate surface area is 140 Å². The van der Waals surface area contributed by atoms with Gasteiger partial charge in [-0.05, 0) is 25.3 Å². The van der Waals surface area contributed by atoms with Crippen LogP contribution in [0.3, 0.4) is 0 Å². The lowest BCUT2D eigenvalue weighted by atomic mass is 10.0. The highest BCUT2D eigenvalue weighted by molar-refractivity contribution is 5.76. The van der Waals surface area contributed by atoms with E-state index < -0.39 is 0 Å². The Morgan fingerprint density at radius 3 is 2.71 bits per heavy atom. The first kappa shape index (κ1) is 16.4. The fourth-order valence-corrected chi connectivity index (χ4v) is 3.06. The highest BCUT2D eigenvalue weighted by Gasteiger charge is 2.26. The molecule has 6 nitrogen and oxygen atoms in total. The van der Waals surface area contributed by atoms with Crippen LogP contribution < -0.4 is 5.56 Å². The van der Waals surface area contributed by atoms with E-state index in [0.29, 0.717) is 12.2 Å². The van der Waals surface area contributed by atoms with E-state index in [9.17, 15) is 14.7 Å². The second kappa shape index (κ2) is 7.40. The number of benzene rings is 1. The number of aromatic nitrogens is 2. The van der Waals surface area contributed by atoms with Crippen molar-refractivity contribution in [1.82, 2.24) is 14.7 Å². The molecule has 24 heavy (non-hydrogen) atoms. The fourth-order valence-electron chi connectivity index (χ4n) is 3.06. The first-order valence-corrected chi connectivity index (χ1v) is 8.23. The van der Waals surface area contributed by atoms with Gasteiger partial charge in [-0.15, -0.1) is 0 Å². The van der Waals surface area contributed by atoms with Gasteiger partial charge in [0.15, 0.2) is 0 Å². The van der Waals surface area contributed by atoms with Gasteiger partial charge in [-0.2, -0.15) is 5.10 Å². The first-order chi connectivity index (χ1) is 11.7. The third kappa shape index (κ3) is 3.54. The Balaban J connectivity index is 1.82. The van der Waals surface area contributed by atoms with Crippen LogP contribution in [-0.4, -0.2) is 44.9 Å². The lowest BCUT2D eigenvalue weighted by Crippen LogP contribution is -2.47. The van der Waals surface area contributed by atoms with Crippen molar-refractivity contribution >= 4 is 5.91 Å². The summed E-state index contributed by atoms with van der Waals surface area (Å²) in [5.74, 6) is -0.173. The molecule has 0 saturated carbocycles. The molecule has 2 aromatic rings. The van der Waals surface area contributed by atoms with Gasteiger partial charge in [0, 0.05) is 18.2 Å². The normalized spacial score (nSPS) is 17.7. The number of likely N-dealkylation sites (tertiary alicyclic amines) is 1. The van der Waals surface area contributed by atoms with Crippen molar-refractivity contribution in [3.63, 3.8) is 0 Å². The lowest BCUT2D eigenvalue weighted by Gasteiger charge is -2.34. The molecule has 0 spiro atoms. The van der Waals surface area contributed by atoms with Gasteiger partial charge in [0.25, 0.3) is 5.56 Å². The molecule has 3 rings (SSSR count). The Morgan fingerprint density at radius 2 is 1.96 bits per heavy atom. The van der Waals surface area contributed by atoms with E-state index in [1.807, 2.05) is 30.3 Å². The summed E-state index contributed by atoms with van der Waals surface area (Å²) in [4.78, 5) is 26.3. The molecule has 2 heterocycles. The summed E-state index contributed by atoms with van der Waals surface area (Å²) < 4.78 is 1.20. The molecule has 1 aromatic carbocycles. The van der Waals surface area contributed by atoms with Gasteiger partial charge in [-0.3, -0.25) is 9.59 Å². The third-order valence-corrected chi connectivity index (χ3v) is 4.38. The zero-order valence-corrected chi connectivity index (χ0v) is 13.5. The zero-order chi connectivity index (χ0) is 16.9. The zero-order valence-electron chi connectivity index (χ0n) is 13.5. The van der Waals surface area contributed by atoms with Crippen LogP contribution in [0, 0.1) is 0 Å². The topological polar surface area (TPSA) is 75.4 Å². The van der Waals surface area contributed by atoms with Gasteiger partial charge in [0.1, 0.15) is 6.54 Å². The van der Waals surface area contributed by atoms with Crippen molar-refractivity contribution in [3.8, 4) is 11.3 Å². The predicted octanol–water partition coefficient (Wildman–Crippen LogP) is 1.28. The maximum atomic E-state index is 12.6. The number of rotatable bonds is 4. The number of piperidine rings is 1. The average molecular weight is 327 g/mol. The van der Waals surface area contributed by atoms with Gasteiger partial charge in [0.05, 0.1) is 18.3 Å². The van der Waals surface area contributed by atoms with E-state index in [2.05, 4.69) is 5.10 Å². The number of carbonyl (C=O) groups excluding carboxylic acids is 1. The van der Waals surface area contributed by atoms with Crippen LogP contribution >= 0.6 is 0 Å². The number of aliphatic hydroxyl groups is 1. The van der Waals surface area contributed by atoms with Gasteiger partial charge < -0.3 is 10.0 Å². The second-order valence-electron chi connectivity index (χ2n) is 6.00. The van der Waals surface area contributed by atoms with Gasteiger partial charge in [0.2, 0.25) is 5.91 Å². The minimum absolute atomic E-state index is 0.0435. The molecule has 1 N–H and O–H groups in total. The van der Waals surface area contributed by atoms with Crippen LogP contribution in [0.2, 0.25) is 0 Å². The van der Waals surface area contributed by atoms with Gasteiger partial charge in [-0.25, -0.2) is 4.68 Å². The summed E-state index contributed by atoms with van der Waals surface area (Å²) in [5.41, 5.74) is 1.24. The summed E-state index contributed by atoms with van der Waals surface area (Å²) in [6.07, 6.45) is 2.74. The Hall–Kier alpha value is -2.47. The van der Waals surface area contributed by atoms with E-state index in [0.717, 1.165) is 24.8 Å². The van der Waals surface area contributed by atoms with Crippen molar-refractivity contribution in [2.45, 2.75) is 31.8 Å². The first-order valence-electron chi connectivity index (χ1n) is 8.23. The molecule has 6 heteroatoms. The molecule has 0 aliphatic carbocycles. The summed E-state index contributed by atoms with van der Waals surface area (Å²) in [7, 11) is 0. The predicted molar refractivity (Wildman–Crippen MR) is 90.4 cm³/mol. The third-order valence-electron chi connectivity index (χ3n) is 4.38. The monoisotopic (exact) mass is 327 g/mol. The number of carbonyl (C=O) groups is 1. The number of aliphatic hydroxyl groups excluding tert-OH is 1. The van der Waals surface area contributed by atoms with Crippen molar-refractivity contribution in [2.75, 3.05) is 13.2 Å². The Morgan fingerprint density at radius 1 is 1.17 bits per heavy atom. The van der Waals surface area contributed by atoms with Crippen molar-refractivity contribution in [1.29, 1.82) is 0 Å². The Kier molecular flexibility index (Phi) is 5.05. The molecule has 1 aliphatic heterocycles. The van der Waals surface area contributed by atoms with E-state index in [4.69, 9.17) is 0 Å². The highest BCUT2D eigenvalue weighted by Crippen LogP contribution is 2.17. The summed E-state index contributed by atoms with van der Waals surface area (Å²) in [5, 5.41) is 13.8. The minimum Gasteiger partial charge on any atom is -0.394 e. The SMILES string of the molecule is O=C(Cn1nc(-c2ccccc2)ccc1=O)N1CCCCC1CO. The van der Waals surface area contributed by atoms with E-state index in [1.54, 1.807) is 11.0 Å². The molecule has 126 valence electrons. The maximum absolute atomic E-state index is 12.6. The molecule has 1 saturated heterocycles. The van der Waals surface area contributed by atoms with Crippen LogP contribution in [0.5, 0.6) is 0 Å². The van der Waals surface area contributed by atoms with E-state index in [1.165, 1.54) is 10.7 Å². The van der Waals surface area contributed by atoms with Gasteiger partial charge in [-0.1, -0.05) is 30.3 Å². The van der Waals surface area contributed by atoms with Crippen molar-refractivity contribution in [2.24, 2.45) is 0 Å². The van der Waals surface area contributed by atoms with E-state index >= 15 is 0 Å². The van der Waals surface area contributed by atoms with Crippen molar-refractivity contribution in [3.05, 3.63) is 52.8 Å².